The van der Waals surface area contributed by atoms with Gasteiger partial charge in [-0.1, -0.05) is 12.1 Å². The van der Waals surface area contributed by atoms with Gasteiger partial charge in [-0.05, 0) is 24.6 Å². The van der Waals surface area contributed by atoms with Gasteiger partial charge >= 0.3 is 6.18 Å². The lowest BCUT2D eigenvalue weighted by atomic mass is 10.1. The molecule has 3 heterocycles. The molecule has 0 unspecified atom stereocenters. The van der Waals surface area contributed by atoms with Crippen molar-refractivity contribution in [3.63, 3.8) is 0 Å². The number of aryl methyl sites for hydroxylation is 1. The van der Waals surface area contributed by atoms with Gasteiger partial charge in [0, 0.05) is 63.5 Å². The first-order valence-corrected chi connectivity index (χ1v) is 10.2. The number of alkyl halides is 3. The molecule has 2 aliphatic rings. The van der Waals surface area contributed by atoms with Crippen LogP contribution in [0.15, 0.2) is 24.3 Å². The summed E-state index contributed by atoms with van der Waals surface area (Å²) in [5.74, 6) is 0. The van der Waals surface area contributed by atoms with Gasteiger partial charge in [0.15, 0.2) is 0 Å². The highest BCUT2D eigenvalue weighted by Crippen LogP contribution is 2.29. The van der Waals surface area contributed by atoms with E-state index in [0.29, 0.717) is 13.2 Å². The summed E-state index contributed by atoms with van der Waals surface area (Å²) in [6.07, 6.45) is -3.35. The molecular formula is C21H27F3N4O. The van der Waals surface area contributed by atoms with Gasteiger partial charge in [0.1, 0.15) is 0 Å². The molecular weight excluding hydrogens is 381 g/mol. The molecule has 29 heavy (non-hydrogen) atoms. The Morgan fingerprint density at radius 1 is 1.00 bits per heavy atom. The van der Waals surface area contributed by atoms with E-state index in [2.05, 4.69) is 21.4 Å². The Morgan fingerprint density at radius 3 is 2.28 bits per heavy atom. The second-order valence-corrected chi connectivity index (χ2v) is 7.74. The predicted octanol–water partition coefficient (Wildman–Crippen LogP) is 3.31. The average molecular weight is 408 g/mol. The van der Waals surface area contributed by atoms with Crippen molar-refractivity contribution in [1.29, 1.82) is 0 Å². The van der Waals surface area contributed by atoms with E-state index in [9.17, 15) is 13.2 Å². The van der Waals surface area contributed by atoms with Crippen molar-refractivity contribution in [1.82, 2.24) is 19.6 Å². The fourth-order valence-electron chi connectivity index (χ4n) is 4.14. The molecule has 0 atom stereocenters. The number of piperazine rings is 1. The lowest BCUT2D eigenvalue weighted by Gasteiger charge is -2.34. The molecule has 4 rings (SSSR count). The predicted molar refractivity (Wildman–Crippen MR) is 103 cm³/mol. The number of benzene rings is 1. The van der Waals surface area contributed by atoms with Crippen LogP contribution in [0.2, 0.25) is 0 Å². The fraction of sp³-hybridized carbons (Fsp3) is 0.571. The number of ether oxygens (including phenoxy) is 1. The number of aromatic nitrogens is 2. The first kappa shape index (κ1) is 20.4. The number of halogens is 3. The topological polar surface area (TPSA) is 33.5 Å². The summed E-state index contributed by atoms with van der Waals surface area (Å²) in [5, 5.41) is 4.81. The summed E-state index contributed by atoms with van der Waals surface area (Å²) in [6.45, 7) is 9.56. The zero-order valence-corrected chi connectivity index (χ0v) is 16.7. The number of hydrogen-bond donors (Lipinski definition) is 0. The van der Waals surface area contributed by atoms with Crippen LogP contribution in [0, 0.1) is 0 Å². The Balaban J connectivity index is 1.32. The maximum Gasteiger partial charge on any atom is 0.416 e. The van der Waals surface area contributed by atoms with Crippen LogP contribution in [0.25, 0.3) is 0 Å². The van der Waals surface area contributed by atoms with E-state index in [4.69, 9.17) is 9.84 Å². The van der Waals surface area contributed by atoms with Crippen molar-refractivity contribution in [2.24, 2.45) is 0 Å². The molecule has 5 nitrogen and oxygen atoms in total. The smallest absolute Gasteiger partial charge is 0.376 e. The minimum atomic E-state index is -4.28. The highest BCUT2D eigenvalue weighted by molar-refractivity contribution is 5.28. The van der Waals surface area contributed by atoms with E-state index < -0.39 is 11.7 Å². The summed E-state index contributed by atoms with van der Waals surface area (Å²) in [6, 6.07) is 5.50. The molecule has 1 saturated heterocycles. The van der Waals surface area contributed by atoms with Gasteiger partial charge < -0.3 is 4.74 Å². The molecule has 0 bridgehead atoms. The van der Waals surface area contributed by atoms with Gasteiger partial charge in [0.25, 0.3) is 0 Å². The maximum absolute atomic E-state index is 12.7. The standard InChI is InChI=1S/C21H27F3N4O/c1-2-28-20-7-12-29-15-18(20)19(25-28)14-27-10-8-26(9-11-27)13-16-3-5-17(6-4-16)21(22,23)24/h3-6H,2,7-15H2,1H3. The van der Waals surface area contributed by atoms with Crippen molar-refractivity contribution in [2.45, 2.75) is 45.8 Å². The summed E-state index contributed by atoms with van der Waals surface area (Å²) >= 11 is 0. The highest BCUT2D eigenvalue weighted by Gasteiger charge is 2.30. The molecule has 1 aromatic heterocycles. The van der Waals surface area contributed by atoms with Gasteiger partial charge in [-0.25, -0.2) is 0 Å². The average Bonchev–Trinajstić information content (AvgIpc) is 3.07. The van der Waals surface area contributed by atoms with Crippen molar-refractivity contribution >= 4 is 0 Å². The largest absolute Gasteiger partial charge is 0.416 e. The van der Waals surface area contributed by atoms with Crippen LogP contribution in [0.1, 0.15) is 35.0 Å². The van der Waals surface area contributed by atoms with Crippen molar-refractivity contribution < 1.29 is 17.9 Å². The second-order valence-electron chi connectivity index (χ2n) is 7.74. The van der Waals surface area contributed by atoms with E-state index in [1.165, 1.54) is 23.4 Å². The molecule has 158 valence electrons. The van der Waals surface area contributed by atoms with Crippen LogP contribution in [0.4, 0.5) is 13.2 Å². The van der Waals surface area contributed by atoms with Crippen LogP contribution in [0.3, 0.4) is 0 Å². The minimum Gasteiger partial charge on any atom is -0.376 e. The van der Waals surface area contributed by atoms with Gasteiger partial charge in [0.05, 0.1) is 24.5 Å². The summed E-state index contributed by atoms with van der Waals surface area (Å²) in [4.78, 5) is 4.70. The molecule has 0 saturated carbocycles. The Morgan fingerprint density at radius 2 is 1.66 bits per heavy atom. The third-order valence-electron chi connectivity index (χ3n) is 5.80. The maximum atomic E-state index is 12.7. The molecule has 2 aromatic rings. The van der Waals surface area contributed by atoms with Crippen LogP contribution in [-0.2, 0) is 43.6 Å². The second kappa shape index (κ2) is 8.45. The Labute approximate surface area is 169 Å². The Hall–Kier alpha value is -1.90. The summed E-state index contributed by atoms with van der Waals surface area (Å²) in [7, 11) is 0. The Bertz CT molecular complexity index is 824. The van der Waals surface area contributed by atoms with Gasteiger partial charge in [-0.15, -0.1) is 0 Å². The summed E-state index contributed by atoms with van der Waals surface area (Å²) in [5.41, 5.74) is 4.02. The van der Waals surface area contributed by atoms with Crippen molar-refractivity contribution in [2.75, 3.05) is 32.8 Å². The van der Waals surface area contributed by atoms with Crippen LogP contribution in [0.5, 0.6) is 0 Å². The van der Waals surface area contributed by atoms with Gasteiger partial charge in [0.2, 0.25) is 0 Å². The van der Waals surface area contributed by atoms with E-state index in [1.54, 1.807) is 12.1 Å². The summed E-state index contributed by atoms with van der Waals surface area (Å²) < 4.78 is 45.8. The van der Waals surface area contributed by atoms with Gasteiger partial charge in [-0.2, -0.15) is 18.3 Å². The van der Waals surface area contributed by atoms with Gasteiger partial charge in [-0.3, -0.25) is 14.5 Å². The number of fused-ring (bicyclic) bond motifs is 1. The minimum absolute atomic E-state index is 0.593. The Kier molecular flexibility index (Phi) is 5.94. The molecule has 2 aliphatic heterocycles. The normalized spacial score (nSPS) is 18.8. The SMILES string of the molecule is CCn1nc(CN2CCN(Cc3ccc(C(F)(F)F)cc3)CC2)c2c1CCOC2. The zero-order valence-electron chi connectivity index (χ0n) is 16.7. The lowest BCUT2D eigenvalue weighted by molar-refractivity contribution is -0.137. The monoisotopic (exact) mass is 408 g/mol. The molecule has 1 aromatic carbocycles. The number of rotatable bonds is 5. The molecule has 0 radical (unpaired) electrons. The lowest BCUT2D eigenvalue weighted by Crippen LogP contribution is -2.45. The van der Waals surface area contributed by atoms with Crippen LogP contribution < -0.4 is 0 Å². The fourth-order valence-corrected chi connectivity index (χ4v) is 4.14. The molecule has 0 N–H and O–H groups in total. The zero-order chi connectivity index (χ0) is 20.4. The number of nitrogens with zero attached hydrogens (tertiary/aromatic N) is 4. The first-order chi connectivity index (χ1) is 13.9. The third-order valence-corrected chi connectivity index (χ3v) is 5.80. The molecule has 1 fully saturated rings. The van der Waals surface area contributed by atoms with E-state index in [1.807, 2.05) is 0 Å². The van der Waals surface area contributed by atoms with Crippen LogP contribution >= 0.6 is 0 Å². The molecule has 0 aliphatic carbocycles. The molecule has 0 spiro atoms. The van der Waals surface area contributed by atoms with Crippen LogP contribution in [-0.4, -0.2) is 52.4 Å². The van der Waals surface area contributed by atoms with E-state index in [-0.39, 0.29) is 0 Å². The quantitative estimate of drug-likeness (QED) is 0.760. The number of hydrogen-bond acceptors (Lipinski definition) is 4. The molecule has 0 amide bonds. The van der Waals surface area contributed by atoms with E-state index >= 15 is 0 Å². The van der Waals surface area contributed by atoms with Crippen molar-refractivity contribution in [3.05, 3.63) is 52.3 Å². The highest BCUT2D eigenvalue weighted by atomic mass is 19.4. The van der Waals surface area contributed by atoms with E-state index in [0.717, 1.165) is 63.6 Å². The first-order valence-electron chi connectivity index (χ1n) is 10.2. The third kappa shape index (κ3) is 4.65. The molecule has 8 heteroatoms. The van der Waals surface area contributed by atoms with Crippen molar-refractivity contribution in [3.8, 4) is 0 Å².